The van der Waals surface area contributed by atoms with E-state index in [1.54, 1.807) is 0 Å². The first-order chi connectivity index (χ1) is 7.28. The fourth-order valence-electron chi connectivity index (χ4n) is 3.17. The maximum Gasteiger partial charge on any atom is 0.0734 e. The molecule has 1 saturated carbocycles. The average Bonchev–Trinajstić information content (AvgIpc) is 2.62. The Morgan fingerprint density at radius 2 is 2.07 bits per heavy atom. The summed E-state index contributed by atoms with van der Waals surface area (Å²) in [6.07, 6.45) is 1.79. The van der Waals surface area contributed by atoms with Crippen LogP contribution in [0.5, 0.6) is 0 Å². The number of rotatable bonds is 2. The molecule has 0 radical (unpaired) electrons. The summed E-state index contributed by atoms with van der Waals surface area (Å²) in [6.45, 7) is 2.09. The molecule has 1 aromatic rings. The summed E-state index contributed by atoms with van der Waals surface area (Å²) in [5.74, 6) is 1.21. The maximum atomic E-state index is 10.5. The van der Waals surface area contributed by atoms with E-state index in [1.807, 2.05) is 18.2 Å². The van der Waals surface area contributed by atoms with Gasteiger partial charge in [0.1, 0.15) is 0 Å². The molecule has 3 atom stereocenters. The predicted octanol–water partition coefficient (Wildman–Crippen LogP) is 1.20. The third-order valence-electron chi connectivity index (χ3n) is 4.00. The second kappa shape index (κ2) is 3.32. The van der Waals surface area contributed by atoms with E-state index < -0.39 is 5.60 Å². The zero-order valence-corrected chi connectivity index (χ0v) is 8.82. The third-order valence-corrected chi connectivity index (χ3v) is 4.00. The Bertz CT molecular complexity index is 351. The minimum absolute atomic E-state index is 0.435. The van der Waals surface area contributed by atoms with Crippen LogP contribution >= 0.6 is 0 Å². The summed E-state index contributed by atoms with van der Waals surface area (Å²) in [7, 11) is 0. The summed E-state index contributed by atoms with van der Waals surface area (Å²) in [4.78, 5) is 0. The monoisotopic (exact) mass is 203 g/mol. The van der Waals surface area contributed by atoms with Crippen molar-refractivity contribution in [3.05, 3.63) is 35.9 Å². The average molecular weight is 203 g/mol. The molecule has 1 saturated heterocycles. The Morgan fingerprint density at radius 1 is 1.27 bits per heavy atom. The Kier molecular flexibility index (Phi) is 2.08. The second-order valence-electron chi connectivity index (χ2n) is 4.99. The van der Waals surface area contributed by atoms with Gasteiger partial charge in [0.25, 0.3) is 0 Å². The summed E-state index contributed by atoms with van der Waals surface area (Å²) in [6, 6.07) is 10.3. The normalized spacial score (nSPS) is 38.5. The molecule has 0 spiro atoms. The number of hydrogen-bond acceptors (Lipinski definition) is 2. The van der Waals surface area contributed by atoms with E-state index in [4.69, 9.17) is 0 Å². The molecule has 0 aromatic heterocycles. The first-order valence-corrected chi connectivity index (χ1v) is 5.75. The molecule has 0 amide bonds. The van der Waals surface area contributed by atoms with E-state index in [-0.39, 0.29) is 0 Å². The summed E-state index contributed by atoms with van der Waals surface area (Å²) < 4.78 is 0. The van der Waals surface area contributed by atoms with Crippen molar-refractivity contribution in [2.75, 3.05) is 13.1 Å². The lowest BCUT2D eigenvalue weighted by atomic mass is 9.61. The molecule has 15 heavy (non-hydrogen) atoms. The van der Waals surface area contributed by atoms with Gasteiger partial charge in [-0.1, -0.05) is 30.3 Å². The van der Waals surface area contributed by atoms with Gasteiger partial charge in [0.2, 0.25) is 0 Å². The molecule has 80 valence electrons. The fourth-order valence-corrected chi connectivity index (χ4v) is 3.17. The molecule has 2 aliphatic rings. The molecular formula is C13H17NO. The highest BCUT2D eigenvalue weighted by molar-refractivity contribution is 5.20. The SMILES string of the molecule is O[C@]1(Cc2ccccc2)C[C@@H]2CNC[C@@H]21. The number of nitrogens with one attached hydrogen (secondary N) is 1. The lowest BCUT2D eigenvalue weighted by Crippen LogP contribution is -2.54. The van der Waals surface area contributed by atoms with E-state index in [0.717, 1.165) is 31.8 Å². The summed E-state index contributed by atoms with van der Waals surface area (Å²) in [5.41, 5.74) is 0.820. The fraction of sp³-hybridized carbons (Fsp3) is 0.538. The highest BCUT2D eigenvalue weighted by atomic mass is 16.3. The Balaban J connectivity index is 1.73. The summed E-state index contributed by atoms with van der Waals surface area (Å²) in [5, 5.41) is 13.9. The van der Waals surface area contributed by atoms with E-state index in [1.165, 1.54) is 5.56 Å². The quantitative estimate of drug-likeness (QED) is 0.757. The van der Waals surface area contributed by atoms with Gasteiger partial charge in [0.15, 0.2) is 0 Å². The molecule has 0 unspecified atom stereocenters. The van der Waals surface area contributed by atoms with Crippen LogP contribution in [0.15, 0.2) is 30.3 Å². The number of fused-ring (bicyclic) bond motifs is 1. The van der Waals surface area contributed by atoms with E-state index in [2.05, 4.69) is 17.4 Å². The molecule has 3 rings (SSSR count). The molecule has 0 bridgehead atoms. The van der Waals surface area contributed by atoms with E-state index in [9.17, 15) is 5.11 Å². The van der Waals surface area contributed by atoms with E-state index >= 15 is 0 Å². The predicted molar refractivity (Wildman–Crippen MR) is 59.6 cm³/mol. The van der Waals surface area contributed by atoms with Crippen molar-refractivity contribution < 1.29 is 5.11 Å². The lowest BCUT2D eigenvalue weighted by molar-refractivity contribution is -0.115. The highest BCUT2D eigenvalue weighted by Gasteiger charge is 2.54. The van der Waals surface area contributed by atoms with Gasteiger partial charge in [-0.25, -0.2) is 0 Å². The van der Waals surface area contributed by atoms with Gasteiger partial charge >= 0.3 is 0 Å². The van der Waals surface area contributed by atoms with Crippen LogP contribution in [0.3, 0.4) is 0 Å². The molecule has 2 N–H and O–H groups in total. The van der Waals surface area contributed by atoms with Crippen molar-refractivity contribution in [2.24, 2.45) is 11.8 Å². The summed E-state index contributed by atoms with van der Waals surface area (Å²) >= 11 is 0. The van der Waals surface area contributed by atoms with Crippen LogP contribution in [-0.4, -0.2) is 23.8 Å². The van der Waals surface area contributed by atoms with Crippen molar-refractivity contribution in [2.45, 2.75) is 18.4 Å². The van der Waals surface area contributed by atoms with Crippen LogP contribution in [0.1, 0.15) is 12.0 Å². The van der Waals surface area contributed by atoms with Gasteiger partial charge in [-0.3, -0.25) is 0 Å². The van der Waals surface area contributed by atoms with Crippen molar-refractivity contribution in [3.63, 3.8) is 0 Å². The van der Waals surface area contributed by atoms with Crippen molar-refractivity contribution in [1.82, 2.24) is 5.32 Å². The van der Waals surface area contributed by atoms with Crippen molar-refractivity contribution in [3.8, 4) is 0 Å². The molecule has 2 nitrogen and oxygen atoms in total. The molecule has 1 heterocycles. The van der Waals surface area contributed by atoms with Gasteiger partial charge in [-0.15, -0.1) is 0 Å². The topological polar surface area (TPSA) is 32.3 Å². The minimum atomic E-state index is -0.435. The smallest absolute Gasteiger partial charge is 0.0734 e. The van der Waals surface area contributed by atoms with Gasteiger partial charge in [-0.2, -0.15) is 0 Å². The van der Waals surface area contributed by atoms with Crippen LogP contribution in [0.4, 0.5) is 0 Å². The van der Waals surface area contributed by atoms with E-state index in [0.29, 0.717) is 5.92 Å². The molecule has 2 fully saturated rings. The highest BCUT2D eigenvalue weighted by Crippen LogP contribution is 2.47. The van der Waals surface area contributed by atoms with Crippen LogP contribution in [0.25, 0.3) is 0 Å². The number of aliphatic hydroxyl groups is 1. The molecule has 2 heteroatoms. The van der Waals surface area contributed by atoms with Gasteiger partial charge in [0, 0.05) is 18.9 Å². The number of benzene rings is 1. The van der Waals surface area contributed by atoms with Crippen LogP contribution in [0, 0.1) is 11.8 Å². The van der Waals surface area contributed by atoms with Gasteiger partial charge < -0.3 is 10.4 Å². The minimum Gasteiger partial charge on any atom is -0.389 e. The Labute approximate surface area is 90.3 Å². The zero-order valence-electron chi connectivity index (χ0n) is 8.82. The van der Waals surface area contributed by atoms with Crippen LogP contribution in [0.2, 0.25) is 0 Å². The first kappa shape index (κ1) is 9.37. The molecular weight excluding hydrogens is 186 g/mol. The maximum absolute atomic E-state index is 10.5. The first-order valence-electron chi connectivity index (χ1n) is 5.75. The Hall–Kier alpha value is -0.860. The molecule has 1 aliphatic heterocycles. The van der Waals surface area contributed by atoms with Gasteiger partial charge in [0.05, 0.1) is 5.60 Å². The van der Waals surface area contributed by atoms with Crippen molar-refractivity contribution >= 4 is 0 Å². The van der Waals surface area contributed by atoms with Gasteiger partial charge in [-0.05, 0) is 24.4 Å². The second-order valence-corrected chi connectivity index (χ2v) is 4.99. The number of hydrogen-bond donors (Lipinski definition) is 2. The molecule has 1 aromatic carbocycles. The van der Waals surface area contributed by atoms with Crippen molar-refractivity contribution in [1.29, 1.82) is 0 Å². The molecule has 1 aliphatic carbocycles. The zero-order chi connectivity index (χ0) is 10.3. The largest absolute Gasteiger partial charge is 0.389 e. The Morgan fingerprint density at radius 3 is 2.80 bits per heavy atom. The third kappa shape index (κ3) is 1.48. The lowest BCUT2D eigenvalue weighted by Gasteiger charge is -2.48. The standard InChI is InChI=1S/C13H17NO/c15-13(6-10-4-2-1-3-5-10)7-11-8-14-9-12(11)13/h1-5,11-12,14-15H,6-9H2/t11-,12+,13-/m1/s1. The van der Waals surface area contributed by atoms with Crippen LogP contribution in [-0.2, 0) is 6.42 Å². The van der Waals surface area contributed by atoms with Crippen LogP contribution < -0.4 is 5.32 Å².